The molecule has 3 aliphatic rings. The number of piperidine rings is 1. The predicted molar refractivity (Wildman–Crippen MR) is 77.5 cm³/mol. The predicted octanol–water partition coefficient (Wildman–Crippen LogP) is 4.23. The summed E-state index contributed by atoms with van der Waals surface area (Å²) in [4.78, 5) is 0. The molecule has 2 unspecified atom stereocenters. The van der Waals surface area contributed by atoms with Crippen molar-refractivity contribution in [3.8, 4) is 0 Å². The van der Waals surface area contributed by atoms with Gasteiger partial charge in [-0.05, 0) is 61.9 Å². The van der Waals surface area contributed by atoms with Gasteiger partial charge in [0, 0.05) is 0 Å². The second kappa shape index (κ2) is 5.94. The van der Waals surface area contributed by atoms with Crippen molar-refractivity contribution in [1.82, 2.24) is 5.32 Å². The fourth-order valence-electron chi connectivity index (χ4n) is 5.10. The van der Waals surface area contributed by atoms with Crippen molar-refractivity contribution in [2.75, 3.05) is 13.1 Å². The summed E-state index contributed by atoms with van der Waals surface area (Å²) in [6.07, 6.45) is 13.6. The molecule has 1 saturated heterocycles. The summed E-state index contributed by atoms with van der Waals surface area (Å²) in [5.74, 6) is 5.26. The zero-order chi connectivity index (χ0) is 12.4. The van der Waals surface area contributed by atoms with E-state index < -0.39 is 0 Å². The third kappa shape index (κ3) is 2.76. The first kappa shape index (κ1) is 13.0. The molecule has 0 aromatic heterocycles. The van der Waals surface area contributed by atoms with E-state index in [0.29, 0.717) is 0 Å². The molecule has 0 radical (unpaired) electrons. The van der Waals surface area contributed by atoms with Crippen molar-refractivity contribution in [2.45, 2.75) is 64.7 Å². The van der Waals surface area contributed by atoms with E-state index in [1.165, 1.54) is 70.9 Å². The first-order valence-corrected chi connectivity index (χ1v) is 8.55. The largest absolute Gasteiger partial charge is 0.316 e. The molecule has 2 saturated carbocycles. The second-order valence-electron chi connectivity index (χ2n) is 7.38. The Morgan fingerprint density at radius 1 is 0.722 bits per heavy atom. The van der Waals surface area contributed by atoms with Gasteiger partial charge in [-0.25, -0.2) is 0 Å². The van der Waals surface area contributed by atoms with Crippen molar-refractivity contribution in [2.24, 2.45) is 29.6 Å². The minimum absolute atomic E-state index is 1.01. The molecule has 0 aromatic rings. The summed E-state index contributed by atoms with van der Waals surface area (Å²) in [5, 5.41) is 3.69. The van der Waals surface area contributed by atoms with E-state index in [4.69, 9.17) is 0 Å². The lowest BCUT2D eigenvalue weighted by Gasteiger charge is -2.43. The molecule has 1 heteroatoms. The highest BCUT2D eigenvalue weighted by Gasteiger charge is 2.38. The summed E-state index contributed by atoms with van der Waals surface area (Å²) in [5.41, 5.74) is 0. The van der Waals surface area contributed by atoms with E-state index in [1.807, 2.05) is 0 Å². The molecule has 18 heavy (non-hydrogen) atoms. The van der Waals surface area contributed by atoms with Gasteiger partial charge in [0.1, 0.15) is 0 Å². The summed E-state index contributed by atoms with van der Waals surface area (Å²) < 4.78 is 0. The molecule has 0 amide bonds. The van der Waals surface area contributed by atoms with Crippen LogP contribution in [0.15, 0.2) is 0 Å². The Balaban J connectivity index is 1.63. The normalized spacial score (nSPS) is 43.2. The van der Waals surface area contributed by atoms with Crippen molar-refractivity contribution >= 4 is 0 Å². The smallest absolute Gasteiger partial charge is 0.00151 e. The molecule has 3 fully saturated rings. The van der Waals surface area contributed by atoms with Crippen LogP contribution in [0.4, 0.5) is 0 Å². The quantitative estimate of drug-likeness (QED) is 0.772. The molecule has 2 aliphatic carbocycles. The van der Waals surface area contributed by atoms with Crippen LogP contribution in [0.3, 0.4) is 0 Å². The third-order valence-electron chi connectivity index (χ3n) is 6.26. The van der Waals surface area contributed by atoms with Gasteiger partial charge in [-0.15, -0.1) is 0 Å². The fourth-order valence-corrected chi connectivity index (χ4v) is 5.10. The van der Waals surface area contributed by atoms with Crippen LogP contribution >= 0.6 is 0 Å². The Morgan fingerprint density at radius 2 is 1.39 bits per heavy atom. The third-order valence-corrected chi connectivity index (χ3v) is 6.26. The highest BCUT2D eigenvalue weighted by atomic mass is 14.9. The molecule has 1 aliphatic heterocycles. The molecule has 1 nitrogen and oxygen atoms in total. The van der Waals surface area contributed by atoms with Gasteiger partial charge in [0.05, 0.1) is 0 Å². The monoisotopic (exact) mass is 249 g/mol. The molecule has 3 rings (SSSR count). The van der Waals surface area contributed by atoms with Gasteiger partial charge in [0.15, 0.2) is 0 Å². The van der Waals surface area contributed by atoms with Crippen molar-refractivity contribution in [1.29, 1.82) is 0 Å². The number of rotatable bonds is 2. The van der Waals surface area contributed by atoms with E-state index in [9.17, 15) is 0 Å². The van der Waals surface area contributed by atoms with Crippen molar-refractivity contribution < 1.29 is 0 Å². The Kier molecular flexibility index (Phi) is 4.28. The molecular weight excluding hydrogens is 218 g/mol. The summed E-state index contributed by atoms with van der Waals surface area (Å²) in [6.45, 7) is 5.08. The first-order valence-electron chi connectivity index (χ1n) is 8.55. The highest BCUT2D eigenvalue weighted by molar-refractivity contribution is 4.90. The highest BCUT2D eigenvalue weighted by Crippen LogP contribution is 2.44. The minimum atomic E-state index is 1.01. The van der Waals surface area contributed by atoms with Crippen LogP contribution in [0.25, 0.3) is 0 Å². The maximum atomic E-state index is 3.69. The van der Waals surface area contributed by atoms with E-state index in [2.05, 4.69) is 12.2 Å². The van der Waals surface area contributed by atoms with Gasteiger partial charge >= 0.3 is 0 Å². The van der Waals surface area contributed by atoms with Crippen LogP contribution in [-0.4, -0.2) is 13.1 Å². The number of nitrogens with one attached hydrogen (secondary N) is 1. The molecular formula is C17H31N. The van der Waals surface area contributed by atoms with Gasteiger partial charge in [-0.3, -0.25) is 0 Å². The van der Waals surface area contributed by atoms with E-state index >= 15 is 0 Å². The lowest BCUT2D eigenvalue weighted by Crippen LogP contribution is -2.43. The first-order chi connectivity index (χ1) is 8.84. The zero-order valence-electron chi connectivity index (χ0n) is 12.2. The van der Waals surface area contributed by atoms with Gasteiger partial charge < -0.3 is 5.32 Å². The molecule has 1 N–H and O–H groups in total. The maximum Gasteiger partial charge on any atom is -0.00151 e. The van der Waals surface area contributed by atoms with Crippen LogP contribution in [0, 0.1) is 29.6 Å². The summed E-state index contributed by atoms with van der Waals surface area (Å²) in [6, 6.07) is 0. The van der Waals surface area contributed by atoms with Crippen LogP contribution in [-0.2, 0) is 0 Å². The van der Waals surface area contributed by atoms with Gasteiger partial charge in [-0.2, -0.15) is 0 Å². The molecule has 0 spiro atoms. The average molecular weight is 249 g/mol. The van der Waals surface area contributed by atoms with Crippen LogP contribution in [0.5, 0.6) is 0 Å². The lowest BCUT2D eigenvalue weighted by atomic mass is 9.66. The van der Waals surface area contributed by atoms with Crippen LogP contribution < -0.4 is 5.32 Å². The Hall–Kier alpha value is -0.0400. The Bertz CT molecular complexity index is 248. The SMILES string of the molecule is CC1CCC(C2CCNCC2C2CCCC2)CC1. The fraction of sp³-hybridized carbons (Fsp3) is 1.00. The summed E-state index contributed by atoms with van der Waals surface area (Å²) >= 11 is 0. The Morgan fingerprint density at radius 3 is 2.11 bits per heavy atom. The van der Waals surface area contributed by atoms with E-state index in [1.54, 1.807) is 0 Å². The molecule has 0 bridgehead atoms. The van der Waals surface area contributed by atoms with Gasteiger partial charge in [0.2, 0.25) is 0 Å². The van der Waals surface area contributed by atoms with Crippen LogP contribution in [0.2, 0.25) is 0 Å². The van der Waals surface area contributed by atoms with Crippen molar-refractivity contribution in [3.05, 3.63) is 0 Å². The van der Waals surface area contributed by atoms with Gasteiger partial charge in [0.25, 0.3) is 0 Å². The lowest BCUT2D eigenvalue weighted by molar-refractivity contribution is 0.0887. The van der Waals surface area contributed by atoms with Crippen LogP contribution in [0.1, 0.15) is 64.7 Å². The van der Waals surface area contributed by atoms with Crippen molar-refractivity contribution in [3.63, 3.8) is 0 Å². The number of hydrogen-bond acceptors (Lipinski definition) is 1. The van der Waals surface area contributed by atoms with E-state index in [0.717, 1.165) is 29.6 Å². The molecule has 0 aromatic carbocycles. The Labute approximate surface area is 113 Å². The molecule has 1 heterocycles. The summed E-state index contributed by atoms with van der Waals surface area (Å²) in [7, 11) is 0. The molecule has 2 atom stereocenters. The second-order valence-corrected chi connectivity index (χ2v) is 7.38. The molecule has 104 valence electrons. The van der Waals surface area contributed by atoms with Gasteiger partial charge in [-0.1, -0.05) is 45.4 Å². The average Bonchev–Trinajstić information content (AvgIpc) is 2.93. The standard InChI is InChI=1S/C17H31N/c1-13-6-8-15(9-7-13)16-10-11-18-12-17(16)14-4-2-3-5-14/h13-18H,2-12H2,1H3. The van der Waals surface area contributed by atoms with E-state index in [-0.39, 0.29) is 0 Å². The minimum Gasteiger partial charge on any atom is -0.316 e. The topological polar surface area (TPSA) is 12.0 Å². The number of hydrogen-bond donors (Lipinski definition) is 1. The maximum absolute atomic E-state index is 3.69. The zero-order valence-corrected chi connectivity index (χ0v) is 12.2.